The number of hydrogen-bond donors (Lipinski definition) is 0. The SMILES string of the molecule is CC[Si]1(CC[Si](c2ccccc2)(c2ccccc2)c2ccccc2)CCCCO1. The van der Waals surface area contributed by atoms with E-state index in [0.29, 0.717) is 0 Å². The third-order valence-electron chi connectivity index (χ3n) is 6.83. The van der Waals surface area contributed by atoms with Gasteiger partial charge >= 0.3 is 0 Å². The summed E-state index contributed by atoms with van der Waals surface area (Å²) in [6, 6.07) is 39.0. The van der Waals surface area contributed by atoms with Crippen molar-refractivity contribution in [3.05, 3.63) is 91.0 Å². The highest BCUT2D eigenvalue weighted by Gasteiger charge is 2.43. The fourth-order valence-electron chi connectivity index (χ4n) is 5.08. The Balaban J connectivity index is 1.84. The van der Waals surface area contributed by atoms with Crippen molar-refractivity contribution in [2.45, 2.75) is 43.9 Å². The maximum absolute atomic E-state index is 6.58. The van der Waals surface area contributed by atoms with Crippen LogP contribution in [0.1, 0.15) is 19.8 Å². The molecule has 0 spiro atoms. The summed E-state index contributed by atoms with van der Waals surface area (Å²) in [5.41, 5.74) is 0. The molecule has 3 heteroatoms. The third-order valence-corrected chi connectivity index (χ3v) is 16.8. The zero-order valence-electron chi connectivity index (χ0n) is 17.5. The van der Waals surface area contributed by atoms with Crippen LogP contribution in [-0.2, 0) is 4.43 Å². The molecule has 1 saturated heterocycles. The van der Waals surface area contributed by atoms with Crippen LogP contribution in [-0.4, -0.2) is 23.0 Å². The summed E-state index contributed by atoms with van der Waals surface area (Å²) in [5, 5.41) is 4.57. The van der Waals surface area contributed by atoms with E-state index in [2.05, 4.69) is 97.9 Å². The molecule has 1 aliphatic rings. The minimum atomic E-state index is -2.12. The van der Waals surface area contributed by atoms with Gasteiger partial charge in [-0.2, -0.15) is 0 Å². The predicted molar refractivity (Wildman–Crippen MR) is 130 cm³/mol. The Morgan fingerprint density at radius 1 is 0.724 bits per heavy atom. The highest BCUT2D eigenvalue weighted by Crippen LogP contribution is 2.32. The summed E-state index contributed by atoms with van der Waals surface area (Å²) in [6.45, 7) is 3.35. The first-order chi connectivity index (χ1) is 14.3. The molecule has 1 nitrogen and oxygen atoms in total. The van der Waals surface area contributed by atoms with E-state index < -0.39 is 16.4 Å². The van der Waals surface area contributed by atoms with Crippen molar-refractivity contribution in [3.63, 3.8) is 0 Å². The lowest BCUT2D eigenvalue weighted by atomic mass is 10.3. The summed E-state index contributed by atoms with van der Waals surface area (Å²) in [6.07, 6.45) is 2.60. The van der Waals surface area contributed by atoms with Gasteiger partial charge in [0.25, 0.3) is 0 Å². The minimum Gasteiger partial charge on any atom is -0.417 e. The van der Waals surface area contributed by atoms with Crippen LogP contribution >= 0.6 is 0 Å². The molecule has 150 valence electrons. The zero-order valence-corrected chi connectivity index (χ0v) is 19.5. The topological polar surface area (TPSA) is 9.23 Å². The van der Waals surface area contributed by atoms with E-state index in [1.807, 2.05) is 0 Å². The summed E-state index contributed by atoms with van der Waals surface area (Å²) >= 11 is 0. The quantitative estimate of drug-likeness (QED) is 0.392. The van der Waals surface area contributed by atoms with Crippen molar-refractivity contribution in [3.8, 4) is 0 Å². The second kappa shape index (κ2) is 9.25. The van der Waals surface area contributed by atoms with Gasteiger partial charge in [0, 0.05) is 6.61 Å². The molecule has 1 unspecified atom stereocenters. The summed E-state index contributed by atoms with van der Waals surface area (Å²) < 4.78 is 6.58. The van der Waals surface area contributed by atoms with E-state index in [4.69, 9.17) is 4.43 Å². The van der Waals surface area contributed by atoms with Crippen molar-refractivity contribution >= 4 is 32.0 Å². The lowest BCUT2D eigenvalue weighted by Gasteiger charge is -2.39. The fourth-order valence-corrected chi connectivity index (χ4v) is 15.5. The molecule has 1 atom stereocenters. The van der Waals surface area contributed by atoms with Crippen LogP contribution in [0.25, 0.3) is 0 Å². The average molecular weight is 417 g/mol. The van der Waals surface area contributed by atoms with E-state index in [-0.39, 0.29) is 0 Å². The molecule has 0 N–H and O–H groups in total. The van der Waals surface area contributed by atoms with Crippen LogP contribution in [0.5, 0.6) is 0 Å². The maximum atomic E-state index is 6.58. The maximum Gasteiger partial charge on any atom is 0.192 e. The van der Waals surface area contributed by atoms with Crippen LogP contribution in [0.2, 0.25) is 24.2 Å². The van der Waals surface area contributed by atoms with Crippen LogP contribution in [0.3, 0.4) is 0 Å². The van der Waals surface area contributed by atoms with Gasteiger partial charge in [-0.1, -0.05) is 104 Å². The van der Waals surface area contributed by atoms with E-state index >= 15 is 0 Å². The molecule has 3 aromatic rings. The van der Waals surface area contributed by atoms with Gasteiger partial charge in [-0.05, 0) is 46.2 Å². The standard InChI is InChI=1S/C26H32OSi2/c1-2-28(21-13-12-20-27-28)22-23-29(24-14-6-3-7-15-24,25-16-8-4-9-17-25)26-18-10-5-11-19-26/h3-11,14-19H,2,12-13,20-23H2,1H3. The Labute approximate surface area is 177 Å². The lowest BCUT2D eigenvalue weighted by molar-refractivity contribution is 0.267. The first-order valence-corrected chi connectivity index (χ1v) is 15.8. The van der Waals surface area contributed by atoms with Crippen molar-refractivity contribution in [2.75, 3.05) is 6.61 Å². The van der Waals surface area contributed by atoms with Gasteiger partial charge in [-0.15, -0.1) is 0 Å². The van der Waals surface area contributed by atoms with E-state index in [1.165, 1.54) is 52.6 Å². The van der Waals surface area contributed by atoms with Crippen molar-refractivity contribution in [1.29, 1.82) is 0 Å². The van der Waals surface area contributed by atoms with E-state index in [9.17, 15) is 0 Å². The summed E-state index contributed by atoms with van der Waals surface area (Å²) in [4.78, 5) is 0. The molecule has 0 radical (unpaired) electrons. The predicted octanol–water partition coefficient (Wildman–Crippen LogP) is 4.93. The van der Waals surface area contributed by atoms with Crippen molar-refractivity contribution < 1.29 is 4.43 Å². The Hall–Kier alpha value is -1.95. The molecule has 0 saturated carbocycles. The zero-order chi connectivity index (χ0) is 20.0. The van der Waals surface area contributed by atoms with Gasteiger partial charge in [-0.25, -0.2) is 0 Å². The highest BCUT2D eigenvalue weighted by atomic mass is 28.4. The summed E-state index contributed by atoms with van der Waals surface area (Å²) in [7, 11) is -3.75. The molecule has 1 fully saturated rings. The Morgan fingerprint density at radius 3 is 1.59 bits per heavy atom. The van der Waals surface area contributed by atoms with Crippen LogP contribution in [0, 0.1) is 0 Å². The van der Waals surface area contributed by atoms with Crippen molar-refractivity contribution in [2.24, 2.45) is 0 Å². The molecule has 1 heterocycles. The Morgan fingerprint density at radius 2 is 1.21 bits per heavy atom. The smallest absolute Gasteiger partial charge is 0.192 e. The number of rotatable bonds is 7. The van der Waals surface area contributed by atoms with E-state index in [0.717, 1.165) is 6.61 Å². The van der Waals surface area contributed by atoms with Crippen LogP contribution in [0.4, 0.5) is 0 Å². The molecule has 0 aliphatic carbocycles. The molecule has 4 rings (SSSR count). The normalized spacial score (nSPS) is 19.8. The first-order valence-electron chi connectivity index (χ1n) is 11.1. The number of benzene rings is 3. The molecule has 1 aliphatic heterocycles. The lowest BCUT2D eigenvalue weighted by Crippen LogP contribution is -2.67. The van der Waals surface area contributed by atoms with Gasteiger partial charge in [0.05, 0.1) is 0 Å². The fraction of sp³-hybridized carbons (Fsp3) is 0.308. The van der Waals surface area contributed by atoms with Crippen LogP contribution < -0.4 is 15.6 Å². The molecule has 3 aromatic carbocycles. The second-order valence-electron chi connectivity index (χ2n) is 8.35. The third kappa shape index (κ3) is 4.18. The monoisotopic (exact) mass is 416 g/mol. The molecule has 0 bridgehead atoms. The first kappa shape index (κ1) is 20.3. The molecule has 0 amide bonds. The number of hydrogen-bond acceptors (Lipinski definition) is 1. The van der Waals surface area contributed by atoms with E-state index in [1.54, 1.807) is 0 Å². The molecule has 29 heavy (non-hydrogen) atoms. The second-order valence-corrected chi connectivity index (χ2v) is 16.8. The molecular formula is C26H32OSi2. The molecule has 0 aromatic heterocycles. The summed E-state index contributed by atoms with van der Waals surface area (Å²) in [5.74, 6) is 0. The van der Waals surface area contributed by atoms with Crippen LogP contribution in [0.15, 0.2) is 91.0 Å². The van der Waals surface area contributed by atoms with Gasteiger partial charge in [0.2, 0.25) is 0 Å². The minimum absolute atomic E-state index is 0.983. The van der Waals surface area contributed by atoms with Gasteiger partial charge in [0.15, 0.2) is 8.32 Å². The van der Waals surface area contributed by atoms with Crippen molar-refractivity contribution in [1.82, 2.24) is 0 Å². The van der Waals surface area contributed by atoms with Gasteiger partial charge in [-0.3, -0.25) is 0 Å². The average Bonchev–Trinajstić information content (AvgIpc) is 2.82. The highest BCUT2D eigenvalue weighted by molar-refractivity contribution is 7.12. The Kier molecular flexibility index (Phi) is 6.48. The molecular weight excluding hydrogens is 384 g/mol. The Bertz CT molecular complexity index is 778. The van der Waals surface area contributed by atoms with Gasteiger partial charge < -0.3 is 4.43 Å². The largest absolute Gasteiger partial charge is 0.417 e. The van der Waals surface area contributed by atoms with Gasteiger partial charge in [0.1, 0.15) is 8.07 Å².